The lowest BCUT2D eigenvalue weighted by Gasteiger charge is -2.26. The minimum Gasteiger partial charge on any atom is -0.511 e. The molecule has 0 amide bonds. The van der Waals surface area contributed by atoms with Gasteiger partial charge in [-0.05, 0) is 48.2 Å². The van der Waals surface area contributed by atoms with E-state index in [1.54, 1.807) is 0 Å². The quantitative estimate of drug-likeness (QED) is 0.118. The van der Waals surface area contributed by atoms with Crippen LogP contribution in [0.2, 0.25) is 0 Å². The summed E-state index contributed by atoms with van der Waals surface area (Å²) in [5.41, 5.74) is 1.88. The van der Waals surface area contributed by atoms with Crippen LogP contribution in [0.1, 0.15) is 17.5 Å². The standard InChI is InChI=1S/C41H34O2P2/c42-38(40(32-19-7-1-8-20-32)44(34-23-11-3-12-24-34)35-25-13-4-14-26-35)31-39(43)41(33-21-9-2-10-22-33)45(36-27-15-5-16-28-36)37-29-17-6-18-30-37/h1-30,42-43H,31H2/b40-38-,41-39?. The largest absolute Gasteiger partial charge is 0.511 e. The second-order valence-electron chi connectivity index (χ2n) is 10.5. The van der Waals surface area contributed by atoms with Crippen LogP contribution < -0.4 is 21.2 Å². The molecule has 2 nitrogen and oxygen atoms in total. The lowest BCUT2D eigenvalue weighted by atomic mass is 10.1. The Labute approximate surface area is 268 Å². The van der Waals surface area contributed by atoms with E-state index in [1.165, 1.54) is 0 Å². The molecule has 0 aromatic heterocycles. The third kappa shape index (κ3) is 7.16. The van der Waals surface area contributed by atoms with Gasteiger partial charge in [0, 0.05) is 10.6 Å². The fourth-order valence-corrected chi connectivity index (χ4v) is 10.5. The summed E-state index contributed by atoms with van der Waals surface area (Å²) in [5.74, 6) is 0.337. The number of hydrogen-bond donors (Lipinski definition) is 2. The Kier molecular flexibility index (Phi) is 9.98. The number of aliphatic hydroxyl groups excluding tert-OH is 2. The molecule has 0 saturated carbocycles. The van der Waals surface area contributed by atoms with E-state index in [0.717, 1.165) is 43.0 Å². The fourth-order valence-electron chi connectivity index (χ4n) is 5.49. The number of aliphatic hydroxyl groups is 2. The highest BCUT2D eigenvalue weighted by Crippen LogP contribution is 2.53. The van der Waals surface area contributed by atoms with Crippen molar-refractivity contribution in [3.63, 3.8) is 0 Å². The normalized spacial score (nSPS) is 12.5. The lowest BCUT2D eigenvalue weighted by Crippen LogP contribution is -2.15. The lowest BCUT2D eigenvalue weighted by molar-refractivity contribution is 0.347. The van der Waals surface area contributed by atoms with Crippen molar-refractivity contribution in [1.29, 1.82) is 0 Å². The number of hydrogen-bond acceptors (Lipinski definition) is 2. The maximum absolute atomic E-state index is 12.3. The minimum absolute atomic E-state index is 0.00541. The SMILES string of the molecule is OC(C/C(O)=C(\c1ccccc1)P(c1ccccc1)c1ccccc1)=C(c1ccccc1)P(c1ccccc1)c1ccccc1. The molecule has 6 aromatic carbocycles. The van der Waals surface area contributed by atoms with E-state index >= 15 is 0 Å². The molecule has 45 heavy (non-hydrogen) atoms. The highest BCUT2D eigenvalue weighted by atomic mass is 31.1. The summed E-state index contributed by atoms with van der Waals surface area (Å²) in [6.45, 7) is 0. The van der Waals surface area contributed by atoms with Gasteiger partial charge < -0.3 is 10.2 Å². The summed E-state index contributed by atoms with van der Waals surface area (Å²) in [6, 6.07) is 61.7. The van der Waals surface area contributed by atoms with Crippen LogP contribution in [0.4, 0.5) is 0 Å². The van der Waals surface area contributed by atoms with E-state index in [-0.39, 0.29) is 17.9 Å². The van der Waals surface area contributed by atoms with E-state index in [4.69, 9.17) is 0 Å². The van der Waals surface area contributed by atoms with Gasteiger partial charge in [0.1, 0.15) is 11.5 Å². The number of rotatable bonds is 10. The third-order valence-electron chi connectivity index (χ3n) is 7.48. The Morgan fingerprint density at radius 1 is 0.333 bits per heavy atom. The summed E-state index contributed by atoms with van der Waals surface area (Å²) in [6.07, 6.45) is 0.00541. The van der Waals surface area contributed by atoms with Gasteiger partial charge in [0.25, 0.3) is 0 Å². The van der Waals surface area contributed by atoms with Gasteiger partial charge in [-0.15, -0.1) is 0 Å². The second-order valence-corrected chi connectivity index (χ2v) is 14.8. The Bertz CT molecular complexity index is 1640. The molecule has 0 aliphatic heterocycles. The van der Waals surface area contributed by atoms with Gasteiger partial charge in [0.15, 0.2) is 0 Å². The molecule has 0 saturated heterocycles. The zero-order valence-corrected chi connectivity index (χ0v) is 26.6. The number of benzene rings is 6. The molecule has 0 bridgehead atoms. The van der Waals surface area contributed by atoms with Crippen molar-refractivity contribution >= 4 is 47.7 Å². The third-order valence-corrected chi connectivity index (χ3v) is 12.7. The molecule has 220 valence electrons. The molecular weight excluding hydrogens is 586 g/mol. The van der Waals surface area contributed by atoms with Crippen molar-refractivity contribution in [2.45, 2.75) is 6.42 Å². The molecule has 0 unspecified atom stereocenters. The minimum atomic E-state index is -1.14. The monoisotopic (exact) mass is 620 g/mol. The smallest absolute Gasteiger partial charge is 0.109 e. The first kappa shape index (κ1) is 30.3. The van der Waals surface area contributed by atoms with E-state index in [9.17, 15) is 10.2 Å². The van der Waals surface area contributed by atoms with Gasteiger partial charge in [0.2, 0.25) is 0 Å². The Morgan fingerprint density at radius 3 is 0.800 bits per heavy atom. The molecule has 0 aliphatic carbocycles. The highest BCUT2D eigenvalue weighted by molar-refractivity contribution is 7.82. The van der Waals surface area contributed by atoms with Gasteiger partial charge in [-0.1, -0.05) is 182 Å². The molecule has 6 aromatic rings. The first-order chi connectivity index (χ1) is 22.2. The average molecular weight is 621 g/mol. The van der Waals surface area contributed by atoms with Crippen molar-refractivity contribution in [1.82, 2.24) is 0 Å². The average Bonchev–Trinajstić information content (AvgIpc) is 3.11. The van der Waals surface area contributed by atoms with Crippen LogP contribution in [-0.2, 0) is 0 Å². The summed E-state index contributed by atoms with van der Waals surface area (Å²) in [5, 5.41) is 30.7. The van der Waals surface area contributed by atoms with Gasteiger partial charge in [-0.2, -0.15) is 0 Å². The van der Waals surface area contributed by atoms with Gasteiger partial charge >= 0.3 is 0 Å². The topological polar surface area (TPSA) is 40.5 Å². The van der Waals surface area contributed by atoms with Gasteiger partial charge in [0.05, 0.1) is 6.42 Å². The van der Waals surface area contributed by atoms with Crippen LogP contribution in [0.3, 0.4) is 0 Å². The highest BCUT2D eigenvalue weighted by Gasteiger charge is 2.28. The van der Waals surface area contributed by atoms with Gasteiger partial charge in [-0.3, -0.25) is 0 Å². The molecule has 0 aliphatic rings. The van der Waals surface area contributed by atoms with Crippen molar-refractivity contribution in [3.8, 4) is 0 Å². The molecule has 0 spiro atoms. The first-order valence-corrected chi connectivity index (χ1v) is 17.6. The summed E-state index contributed by atoms with van der Waals surface area (Å²) >= 11 is 0. The van der Waals surface area contributed by atoms with Crippen molar-refractivity contribution in [2.75, 3.05) is 0 Å². The summed E-state index contributed by atoms with van der Waals surface area (Å²) in [7, 11) is -2.27. The van der Waals surface area contributed by atoms with E-state index in [2.05, 4.69) is 48.5 Å². The molecule has 4 heteroatoms. The Balaban J connectivity index is 1.58. The molecule has 0 heterocycles. The van der Waals surface area contributed by atoms with E-state index in [0.29, 0.717) is 0 Å². The van der Waals surface area contributed by atoms with Crippen LogP contribution in [0.5, 0.6) is 0 Å². The molecule has 0 fully saturated rings. The Hall–Kier alpha value is -4.74. The van der Waals surface area contributed by atoms with Crippen molar-refractivity contribution in [3.05, 3.63) is 205 Å². The van der Waals surface area contributed by atoms with Crippen molar-refractivity contribution in [2.24, 2.45) is 0 Å². The molecular formula is C41H34O2P2. The van der Waals surface area contributed by atoms with Crippen LogP contribution in [0.15, 0.2) is 194 Å². The van der Waals surface area contributed by atoms with Crippen LogP contribution in [0.25, 0.3) is 10.6 Å². The van der Waals surface area contributed by atoms with Crippen LogP contribution in [0, 0.1) is 0 Å². The maximum atomic E-state index is 12.3. The second kappa shape index (κ2) is 14.8. The zero-order valence-electron chi connectivity index (χ0n) is 24.8. The first-order valence-electron chi connectivity index (χ1n) is 15.0. The predicted molar refractivity (Wildman–Crippen MR) is 195 cm³/mol. The molecule has 2 N–H and O–H groups in total. The molecule has 0 atom stereocenters. The molecule has 6 rings (SSSR count). The maximum Gasteiger partial charge on any atom is 0.109 e. The summed E-state index contributed by atoms with van der Waals surface area (Å²) in [4.78, 5) is 0. The predicted octanol–water partition coefficient (Wildman–Crippen LogP) is 9.50. The van der Waals surface area contributed by atoms with E-state index < -0.39 is 15.8 Å². The van der Waals surface area contributed by atoms with E-state index in [1.807, 2.05) is 133 Å². The van der Waals surface area contributed by atoms with Crippen molar-refractivity contribution < 1.29 is 10.2 Å². The fraction of sp³-hybridized carbons (Fsp3) is 0.0244. The van der Waals surface area contributed by atoms with Crippen LogP contribution in [-0.4, -0.2) is 10.2 Å². The summed E-state index contributed by atoms with van der Waals surface area (Å²) < 4.78 is 0. The van der Waals surface area contributed by atoms with Crippen LogP contribution >= 0.6 is 15.8 Å². The molecule has 0 radical (unpaired) electrons. The Morgan fingerprint density at radius 2 is 0.556 bits per heavy atom. The van der Waals surface area contributed by atoms with Gasteiger partial charge in [-0.25, -0.2) is 0 Å². The zero-order chi connectivity index (χ0) is 30.8.